The van der Waals surface area contributed by atoms with Gasteiger partial charge in [0.25, 0.3) is 5.69 Å². The van der Waals surface area contributed by atoms with E-state index in [1.165, 1.54) is 10.7 Å². The van der Waals surface area contributed by atoms with Gasteiger partial charge in [-0.2, -0.15) is 4.68 Å². The SMILES string of the molecule is O=[N+]([O-])c1cc(Cl)ccc1Sc1nnnn1-c1ccccc1. The van der Waals surface area contributed by atoms with Gasteiger partial charge in [-0.05, 0) is 46.5 Å². The highest BCUT2D eigenvalue weighted by Crippen LogP contribution is 2.35. The van der Waals surface area contributed by atoms with Crippen LogP contribution in [0.1, 0.15) is 0 Å². The van der Waals surface area contributed by atoms with Crippen LogP contribution in [0.2, 0.25) is 5.02 Å². The molecule has 22 heavy (non-hydrogen) atoms. The first kappa shape index (κ1) is 14.5. The van der Waals surface area contributed by atoms with E-state index in [1.54, 1.807) is 12.1 Å². The third-order valence-electron chi connectivity index (χ3n) is 2.76. The Morgan fingerprint density at radius 3 is 2.68 bits per heavy atom. The van der Waals surface area contributed by atoms with Crippen LogP contribution in [0.4, 0.5) is 5.69 Å². The van der Waals surface area contributed by atoms with Crippen molar-refractivity contribution in [3.05, 3.63) is 63.7 Å². The van der Waals surface area contributed by atoms with Gasteiger partial charge >= 0.3 is 0 Å². The van der Waals surface area contributed by atoms with E-state index in [2.05, 4.69) is 15.5 Å². The number of nitro groups is 1. The van der Waals surface area contributed by atoms with E-state index in [-0.39, 0.29) is 5.69 Å². The molecular weight excluding hydrogens is 326 g/mol. The van der Waals surface area contributed by atoms with Crippen molar-refractivity contribution >= 4 is 29.1 Å². The molecule has 0 spiro atoms. The predicted octanol–water partition coefficient (Wildman–Crippen LogP) is 3.38. The molecule has 0 saturated carbocycles. The summed E-state index contributed by atoms with van der Waals surface area (Å²) in [4.78, 5) is 11.1. The average Bonchev–Trinajstić information content (AvgIpc) is 2.98. The molecule has 0 unspecified atom stereocenters. The summed E-state index contributed by atoms with van der Waals surface area (Å²) in [5, 5.41) is 23.3. The molecule has 1 heterocycles. The van der Waals surface area contributed by atoms with E-state index >= 15 is 0 Å². The van der Waals surface area contributed by atoms with Gasteiger partial charge in [0.15, 0.2) is 0 Å². The molecular formula is C13H8ClN5O2S. The fourth-order valence-corrected chi connectivity index (χ4v) is 2.83. The van der Waals surface area contributed by atoms with Crippen molar-refractivity contribution in [1.82, 2.24) is 20.2 Å². The van der Waals surface area contributed by atoms with Gasteiger partial charge in [0.05, 0.1) is 15.5 Å². The van der Waals surface area contributed by atoms with Crippen molar-refractivity contribution in [3.63, 3.8) is 0 Å². The Morgan fingerprint density at radius 2 is 1.95 bits per heavy atom. The van der Waals surface area contributed by atoms with Crippen molar-refractivity contribution in [3.8, 4) is 5.69 Å². The molecule has 3 rings (SSSR count). The minimum absolute atomic E-state index is 0.0832. The minimum Gasteiger partial charge on any atom is -0.258 e. The van der Waals surface area contributed by atoms with E-state index in [4.69, 9.17) is 11.6 Å². The van der Waals surface area contributed by atoms with E-state index in [1.807, 2.05) is 30.3 Å². The van der Waals surface area contributed by atoms with Gasteiger partial charge in [0, 0.05) is 11.1 Å². The smallest absolute Gasteiger partial charge is 0.258 e. The number of para-hydroxylation sites is 1. The normalized spacial score (nSPS) is 10.6. The molecule has 0 radical (unpaired) electrons. The second kappa shape index (κ2) is 6.12. The van der Waals surface area contributed by atoms with Gasteiger partial charge in [0.2, 0.25) is 5.16 Å². The highest BCUT2D eigenvalue weighted by molar-refractivity contribution is 7.99. The first-order chi connectivity index (χ1) is 10.6. The monoisotopic (exact) mass is 333 g/mol. The molecule has 1 aromatic heterocycles. The molecule has 0 amide bonds. The Hall–Kier alpha value is -2.45. The number of nitrogens with zero attached hydrogens (tertiary/aromatic N) is 5. The zero-order chi connectivity index (χ0) is 15.5. The maximum absolute atomic E-state index is 11.1. The number of tetrazole rings is 1. The van der Waals surface area contributed by atoms with E-state index < -0.39 is 4.92 Å². The lowest BCUT2D eigenvalue weighted by Crippen LogP contribution is -1.99. The summed E-state index contributed by atoms with van der Waals surface area (Å²) in [6, 6.07) is 13.8. The number of nitro benzene ring substituents is 1. The summed E-state index contributed by atoms with van der Waals surface area (Å²) in [6.45, 7) is 0. The van der Waals surface area contributed by atoms with Crippen molar-refractivity contribution in [2.45, 2.75) is 10.1 Å². The number of rotatable bonds is 4. The Balaban J connectivity index is 1.99. The van der Waals surface area contributed by atoms with Gasteiger partial charge in [-0.25, -0.2) is 0 Å². The average molecular weight is 334 g/mol. The second-order valence-corrected chi connectivity index (χ2v) is 5.63. The number of halogens is 1. The van der Waals surface area contributed by atoms with Gasteiger partial charge < -0.3 is 0 Å². The molecule has 3 aromatic rings. The lowest BCUT2D eigenvalue weighted by atomic mass is 10.3. The van der Waals surface area contributed by atoms with Crippen molar-refractivity contribution in [2.75, 3.05) is 0 Å². The standard InChI is InChI=1S/C13H8ClN5O2S/c14-9-6-7-12(11(8-9)19(20)21)22-13-15-16-17-18(13)10-4-2-1-3-5-10/h1-8H. The van der Waals surface area contributed by atoms with Crippen LogP contribution in [0, 0.1) is 10.1 Å². The van der Waals surface area contributed by atoms with Crippen LogP contribution in [0.3, 0.4) is 0 Å². The van der Waals surface area contributed by atoms with E-state index in [9.17, 15) is 10.1 Å². The van der Waals surface area contributed by atoms with E-state index in [0.29, 0.717) is 15.1 Å². The Labute approximate surface area is 134 Å². The van der Waals surface area contributed by atoms with Crippen LogP contribution in [0.5, 0.6) is 0 Å². The number of benzene rings is 2. The third kappa shape index (κ3) is 2.92. The maximum Gasteiger partial charge on any atom is 0.284 e. The first-order valence-electron chi connectivity index (χ1n) is 6.11. The maximum atomic E-state index is 11.1. The minimum atomic E-state index is -0.481. The Bertz CT molecular complexity index is 824. The van der Waals surface area contributed by atoms with Crippen LogP contribution in [0.15, 0.2) is 58.6 Å². The summed E-state index contributed by atoms with van der Waals surface area (Å²) in [6.07, 6.45) is 0. The van der Waals surface area contributed by atoms with Crippen molar-refractivity contribution in [2.24, 2.45) is 0 Å². The molecule has 0 aliphatic heterocycles. The molecule has 9 heteroatoms. The molecule has 0 atom stereocenters. The van der Waals surface area contributed by atoms with Crippen LogP contribution < -0.4 is 0 Å². The van der Waals surface area contributed by atoms with Crippen LogP contribution in [0.25, 0.3) is 5.69 Å². The summed E-state index contributed by atoms with van der Waals surface area (Å²) in [5.41, 5.74) is 0.687. The van der Waals surface area contributed by atoms with Crippen molar-refractivity contribution < 1.29 is 4.92 Å². The van der Waals surface area contributed by atoms with Crippen LogP contribution in [-0.4, -0.2) is 25.1 Å². The number of hydrogen-bond acceptors (Lipinski definition) is 6. The highest BCUT2D eigenvalue weighted by Gasteiger charge is 2.19. The molecule has 110 valence electrons. The van der Waals surface area contributed by atoms with Crippen molar-refractivity contribution in [1.29, 1.82) is 0 Å². The Morgan fingerprint density at radius 1 is 1.18 bits per heavy atom. The van der Waals surface area contributed by atoms with Gasteiger partial charge in [-0.1, -0.05) is 29.8 Å². The number of hydrogen-bond donors (Lipinski definition) is 0. The molecule has 0 N–H and O–H groups in total. The summed E-state index contributed by atoms with van der Waals surface area (Å²) >= 11 is 6.92. The van der Waals surface area contributed by atoms with E-state index in [0.717, 1.165) is 17.4 Å². The molecule has 0 fully saturated rings. The molecule has 7 nitrogen and oxygen atoms in total. The Kier molecular flexibility index (Phi) is 4.03. The third-order valence-corrected chi connectivity index (χ3v) is 4.00. The van der Waals surface area contributed by atoms with Crippen LogP contribution >= 0.6 is 23.4 Å². The molecule has 0 aliphatic carbocycles. The predicted molar refractivity (Wildman–Crippen MR) is 81.4 cm³/mol. The fraction of sp³-hybridized carbons (Fsp3) is 0. The lowest BCUT2D eigenvalue weighted by Gasteiger charge is -2.04. The zero-order valence-corrected chi connectivity index (χ0v) is 12.5. The summed E-state index contributed by atoms with van der Waals surface area (Å²) in [7, 11) is 0. The first-order valence-corrected chi connectivity index (χ1v) is 7.30. The number of aromatic nitrogens is 4. The fourth-order valence-electron chi connectivity index (χ4n) is 1.79. The zero-order valence-electron chi connectivity index (χ0n) is 11.0. The summed E-state index contributed by atoms with van der Waals surface area (Å²) in [5.74, 6) is 0. The molecule has 0 saturated heterocycles. The van der Waals surface area contributed by atoms with Gasteiger partial charge in [-0.3, -0.25) is 10.1 Å². The van der Waals surface area contributed by atoms with Gasteiger partial charge in [-0.15, -0.1) is 5.10 Å². The molecule has 2 aromatic carbocycles. The quantitative estimate of drug-likeness (QED) is 0.537. The molecule has 0 bridgehead atoms. The topological polar surface area (TPSA) is 86.7 Å². The lowest BCUT2D eigenvalue weighted by molar-refractivity contribution is -0.387. The molecule has 0 aliphatic rings. The largest absolute Gasteiger partial charge is 0.284 e. The summed E-state index contributed by atoms with van der Waals surface area (Å²) < 4.78 is 1.52. The second-order valence-electron chi connectivity index (χ2n) is 4.18. The highest BCUT2D eigenvalue weighted by atomic mass is 35.5. The van der Waals surface area contributed by atoms with Gasteiger partial charge in [0.1, 0.15) is 0 Å². The van der Waals surface area contributed by atoms with Crippen LogP contribution in [-0.2, 0) is 0 Å².